The van der Waals surface area contributed by atoms with Crippen LogP contribution in [0.1, 0.15) is 27.2 Å². The first-order valence-corrected chi connectivity index (χ1v) is 7.61. The monoisotopic (exact) mass is 335 g/mol. The van der Waals surface area contributed by atoms with Crippen LogP contribution in [0.15, 0.2) is 0 Å². The predicted octanol–water partition coefficient (Wildman–Crippen LogP) is -1.28. The van der Waals surface area contributed by atoms with Crippen LogP contribution in [0, 0.1) is 5.92 Å². The first kappa shape index (κ1) is 20.7. The summed E-state index contributed by atoms with van der Waals surface area (Å²) in [6, 6.07) is -3.26. The summed E-state index contributed by atoms with van der Waals surface area (Å²) in [6.45, 7) is 5.02. The van der Waals surface area contributed by atoms with E-state index in [0.717, 1.165) is 0 Å². The number of aliphatic hydroxyl groups excluding tert-OH is 1. The minimum absolute atomic E-state index is 0.0296. The molecule has 4 unspecified atom stereocenters. The largest absolute Gasteiger partial charge is 0.480 e. The number of carbonyl (C=O) groups is 3. The lowest BCUT2D eigenvalue weighted by molar-refractivity contribution is -0.142. The van der Waals surface area contributed by atoms with E-state index in [2.05, 4.69) is 23.3 Å². The molecule has 0 aromatic heterocycles. The Morgan fingerprint density at radius 2 is 1.59 bits per heavy atom. The van der Waals surface area contributed by atoms with Crippen molar-refractivity contribution >= 4 is 30.4 Å². The summed E-state index contributed by atoms with van der Waals surface area (Å²) >= 11 is 3.97. The van der Waals surface area contributed by atoms with Crippen LogP contribution in [0.4, 0.5) is 0 Å². The van der Waals surface area contributed by atoms with Crippen LogP contribution in [0.3, 0.4) is 0 Å². The highest BCUT2D eigenvalue weighted by molar-refractivity contribution is 7.80. The fourth-order valence-electron chi connectivity index (χ4n) is 1.65. The maximum absolute atomic E-state index is 12.1. The van der Waals surface area contributed by atoms with Gasteiger partial charge in [-0.3, -0.25) is 9.59 Å². The Kier molecular flexibility index (Phi) is 9.07. The Hall–Kier alpha value is -1.32. The Labute approximate surface area is 135 Å². The van der Waals surface area contributed by atoms with Gasteiger partial charge in [-0.2, -0.15) is 12.6 Å². The normalized spacial score (nSPS) is 16.5. The molecule has 0 saturated heterocycles. The molecule has 8 nitrogen and oxygen atoms in total. The topological polar surface area (TPSA) is 142 Å². The van der Waals surface area contributed by atoms with E-state index >= 15 is 0 Å². The highest BCUT2D eigenvalue weighted by Gasteiger charge is 2.28. The van der Waals surface area contributed by atoms with E-state index in [9.17, 15) is 19.5 Å². The van der Waals surface area contributed by atoms with Gasteiger partial charge in [-0.15, -0.1) is 0 Å². The van der Waals surface area contributed by atoms with Crippen molar-refractivity contribution in [1.29, 1.82) is 0 Å². The highest BCUT2D eigenvalue weighted by atomic mass is 32.1. The number of carboxylic acids is 1. The average molecular weight is 335 g/mol. The smallest absolute Gasteiger partial charge is 0.326 e. The fourth-order valence-corrected chi connectivity index (χ4v) is 1.90. The van der Waals surface area contributed by atoms with Crippen molar-refractivity contribution in [3.05, 3.63) is 0 Å². The van der Waals surface area contributed by atoms with Crippen LogP contribution in [-0.2, 0) is 14.4 Å². The number of hydrogen-bond acceptors (Lipinski definition) is 6. The van der Waals surface area contributed by atoms with Crippen molar-refractivity contribution in [3.63, 3.8) is 0 Å². The summed E-state index contributed by atoms with van der Waals surface area (Å²) in [5.41, 5.74) is 5.47. The predicted molar refractivity (Wildman–Crippen MR) is 84.5 cm³/mol. The van der Waals surface area contributed by atoms with Gasteiger partial charge in [-0.05, 0) is 19.3 Å². The number of rotatable bonds is 9. The van der Waals surface area contributed by atoms with Gasteiger partial charge in [-0.1, -0.05) is 13.8 Å². The zero-order valence-corrected chi connectivity index (χ0v) is 13.8. The van der Waals surface area contributed by atoms with Gasteiger partial charge in [0, 0.05) is 5.75 Å². The third kappa shape index (κ3) is 7.10. The minimum Gasteiger partial charge on any atom is -0.480 e. The molecule has 0 rings (SSSR count). The van der Waals surface area contributed by atoms with Gasteiger partial charge in [-0.25, -0.2) is 4.79 Å². The van der Waals surface area contributed by atoms with Gasteiger partial charge in [0.1, 0.15) is 18.1 Å². The second-order valence-corrected chi connectivity index (χ2v) is 5.90. The van der Waals surface area contributed by atoms with Crippen molar-refractivity contribution in [2.75, 3.05) is 5.75 Å². The summed E-state index contributed by atoms with van der Waals surface area (Å²) < 4.78 is 0. The Morgan fingerprint density at radius 3 is 1.95 bits per heavy atom. The Morgan fingerprint density at radius 1 is 1.09 bits per heavy atom. The average Bonchev–Trinajstić information content (AvgIpc) is 2.41. The molecular formula is C13H25N3O5S. The number of hydrogen-bond donors (Lipinski definition) is 6. The van der Waals surface area contributed by atoms with E-state index in [1.54, 1.807) is 0 Å². The summed E-state index contributed by atoms with van der Waals surface area (Å²) in [5.74, 6) is -2.46. The standard InChI is InChI=1S/C13H25N3O5S/c1-6(2)4-8(13(20)21)15-11(18)9(5-22)16-12(19)10(14)7(3)17/h6-10,17,22H,4-5,14H2,1-3H3,(H,15,18)(H,16,19)(H,20,21). The number of thiol groups is 1. The Bertz CT molecular complexity index is 403. The molecule has 6 N–H and O–H groups in total. The molecule has 0 heterocycles. The highest BCUT2D eigenvalue weighted by Crippen LogP contribution is 2.05. The van der Waals surface area contributed by atoms with Gasteiger partial charge >= 0.3 is 5.97 Å². The summed E-state index contributed by atoms with van der Waals surface area (Å²) in [5, 5.41) is 23.1. The number of nitrogens with one attached hydrogen (secondary N) is 2. The van der Waals surface area contributed by atoms with E-state index in [1.165, 1.54) is 6.92 Å². The van der Waals surface area contributed by atoms with Crippen molar-refractivity contribution in [1.82, 2.24) is 10.6 Å². The maximum Gasteiger partial charge on any atom is 0.326 e. The molecule has 4 atom stereocenters. The van der Waals surface area contributed by atoms with Gasteiger partial charge in [0.05, 0.1) is 6.10 Å². The molecule has 128 valence electrons. The van der Waals surface area contributed by atoms with Gasteiger partial charge < -0.3 is 26.6 Å². The first-order chi connectivity index (χ1) is 10.1. The molecule has 0 bridgehead atoms. The molecule has 0 aliphatic rings. The molecule has 0 radical (unpaired) electrons. The number of amides is 2. The lowest BCUT2D eigenvalue weighted by atomic mass is 10.0. The number of carboxylic acid groups (broad SMARTS) is 1. The number of aliphatic carboxylic acids is 1. The zero-order chi connectivity index (χ0) is 17.4. The van der Waals surface area contributed by atoms with Crippen LogP contribution in [0.25, 0.3) is 0 Å². The quantitative estimate of drug-likeness (QED) is 0.290. The first-order valence-electron chi connectivity index (χ1n) is 6.98. The lowest BCUT2D eigenvalue weighted by Crippen LogP contribution is -2.57. The van der Waals surface area contributed by atoms with Gasteiger partial charge in [0.15, 0.2) is 0 Å². The summed E-state index contributed by atoms with van der Waals surface area (Å²) in [4.78, 5) is 34.9. The molecule has 0 saturated carbocycles. The van der Waals surface area contributed by atoms with E-state index in [4.69, 9.17) is 10.8 Å². The maximum atomic E-state index is 12.1. The van der Waals surface area contributed by atoms with Crippen LogP contribution < -0.4 is 16.4 Å². The van der Waals surface area contributed by atoms with Gasteiger partial charge in [0.2, 0.25) is 11.8 Å². The van der Waals surface area contributed by atoms with E-state index in [1.807, 2.05) is 13.8 Å². The SMILES string of the molecule is CC(C)CC(NC(=O)C(CS)NC(=O)C(N)C(C)O)C(=O)O. The number of nitrogens with two attached hydrogens (primary N) is 1. The molecule has 0 aliphatic carbocycles. The third-order valence-electron chi connectivity index (χ3n) is 2.96. The molecule has 2 amide bonds. The van der Waals surface area contributed by atoms with Crippen molar-refractivity contribution in [3.8, 4) is 0 Å². The molecule has 22 heavy (non-hydrogen) atoms. The molecular weight excluding hydrogens is 310 g/mol. The minimum atomic E-state index is -1.18. The van der Waals surface area contributed by atoms with Crippen molar-refractivity contribution in [2.24, 2.45) is 11.7 Å². The van der Waals surface area contributed by atoms with Gasteiger partial charge in [0.25, 0.3) is 0 Å². The molecule has 9 heteroatoms. The second kappa shape index (κ2) is 9.65. The van der Waals surface area contributed by atoms with Crippen LogP contribution >= 0.6 is 12.6 Å². The van der Waals surface area contributed by atoms with Crippen LogP contribution in [-0.4, -0.2) is 58.0 Å². The molecule has 0 aliphatic heterocycles. The lowest BCUT2D eigenvalue weighted by Gasteiger charge is -2.23. The Balaban J connectivity index is 4.76. The van der Waals surface area contributed by atoms with E-state index < -0.39 is 42.0 Å². The third-order valence-corrected chi connectivity index (χ3v) is 3.32. The molecule has 0 fully saturated rings. The second-order valence-electron chi connectivity index (χ2n) is 5.54. The number of aliphatic hydroxyl groups is 1. The van der Waals surface area contributed by atoms with Crippen LogP contribution in [0.2, 0.25) is 0 Å². The zero-order valence-electron chi connectivity index (χ0n) is 12.9. The molecule has 0 aromatic rings. The van der Waals surface area contributed by atoms with E-state index in [0.29, 0.717) is 0 Å². The van der Waals surface area contributed by atoms with Crippen molar-refractivity contribution in [2.45, 2.75) is 51.4 Å². The van der Waals surface area contributed by atoms with Crippen LogP contribution in [0.5, 0.6) is 0 Å². The van der Waals surface area contributed by atoms with E-state index in [-0.39, 0.29) is 18.1 Å². The fraction of sp³-hybridized carbons (Fsp3) is 0.769. The van der Waals surface area contributed by atoms with Crippen molar-refractivity contribution < 1.29 is 24.6 Å². The number of carbonyl (C=O) groups excluding carboxylic acids is 2. The summed E-state index contributed by atoms with van der Waals surface area (Å²) in [7, 11) is 0. The molecule has 0 aromatic carbocycles. The molecule has 0 spiro atoms. The summed E-state index contributed by atoms with van der Waals surface area (Å²) in [6.07, 6.45) is -0.807.